The lowest BCUT2D eigenvalue weighted by Crippen LogP contribution is -2.42. The third kappa shape index (κ3) is 2.76. The lowest BCUT2D eigenvalue weighted by atomic mass is 9.92. The van der Waals surface area contributed by atoms with Gasteiger partial charge in [0.05, 0.1) is 10.6 Å². The Hall–Kier alpha value is -3.07. The number of rotatable bonds is 3. The minimum atomic E-state index is -1.08. The van der Waals surface area contributed by atoms with Crippen molar-refractivity contribution in [1.82, 2.24) is 15.2 Å². The lowest BCUT2D eigenvalue weighted by Gasteiger charge is -2.22. The second kappa shape index (κ2) is 6.48. The predicted molar refractivity (Wildman–Crippen MR) is 105 cm³/mol. The maximum atomic E-state index is 13.1. The number of carbonyl (C=O) groups excluding carboxylic acids is 4. The number of hydrogen-bond donors (Lipinski definition) is 2. The van der Waals surface area contributed by atoms with Crippen molar-refractivity contribution in [2.45, 2.75) is 37.6 Å². The van der Waals surface area contributed by atoms with E-state index in [1.165, 1.54) is 0 Å². The SMILES string of the molecule is O=C(CN1C(=O)NC2(CCc3ccccc32)C1=O)Nc1nc2c(s1)C(=O)CCC2. The lowest BCUT2D eigenvalue weighted by molar-refractivity contribution is -0.134. The molecule has 8 nitrogen and oxygen atoms in total. The quantitative estimate of drug-likeness (QED) is 0.753. The first-order chi connectivity index (χ1) is 14.0. The van der Waals surface area contributed by atoms with E-state index in [1.54, 1.807) is 0 Å². The Morgan fingerprint density at radius 3 is 2.86 bits per heavy atom. The Bertz CT molecular complexity index is 1080. The fraction of sp³-hybridized carbons (Fsp3) is 0.350. The van der Waals surface area contributed by atoms with Crippen molar-refractivity contribution in [3.05, 3.63) is 46.0 Å². The molecule has 1 aliphatic heterocycles. The standard InChI is InChI=1S/C20H18N4O4S/c25-14-7-3-6-13-16(14)29-18(21-13)22-15(26)10-24-17(27)20(23-19(24)28)9-8-11-4-1-2-5-12(11)20/h1-2,4-5H,3,6-10H2,(H,23,28)(H,21,22,26). The van der Waals surface area contributed by atoms with Gasteiger partial charge in [0.25, 0.3) is 5.91 Å². The number of Topliss-reactive ketones (excluding diaryl/α,β-unsaturated/α-hetero) is 1. The number of hydrogen-bond acceptors (Lipinski definition) is 6. The van der Waals surface area contributed by atoms with E-state index in [2.05, 4.69) is 15.6 Å². The third-order valence-corrected chi connectivity index (χ3v) is 6.79. The summed E-state index contributed by atoms with van der Waals surface area (Å²) < 4.78 is 0. The number of urea groups is 1. The zero-order valence-electron chi connectivity index (χ0n) is 15.5. The highest BCUT2D eigenvalue weighted by atomic mass is 32.1. The highest BCUT2D eigenvalue weighted by molar-refractivity contribution is 7.17. The molecule has 1 unspecified atom stereocenters. The fourth-order valence-electron chi connectivity index (χ4n) is 4.36. The summed E-state index contributed by atoms with van der Waals surface area (Å²) in [4.78, 5) is 55.9. The molecular formula is C20H18N4O4S. The summed E-state index contributed by atoms with van der Waals surface area (Å²) >= 11 is 1.14. The van der Waals surface area contributed by atoms with E-state index in [4.69, 9.17) is 0 Å². The summed E-state index contributed by atoms with van der Waals surface area (Å²) in [5.74, 6) is -0.883. The Morgan fingerprint density at radius 2 is 2.03 bits per heavy atom. The number of fused-ring (bicyclic) bond motifs is 3. The van der Waals surface area contributed by atoms with Crippen LogP contribution in [0.4, 0.5) is 9.93 Å². The number of carbonyl (C=O) groups is 4. The fourth-order valence-corrected chi connectivity index (χ4v) is 5.35. The second-order valence-electron chi connectivity index (χ2n) is 7.50. The number of amides is 4. The number of ketones is 1. The first kappa shape index (κ1) is 18.0. The van der Waals surface area contributed by atoms with E-state index in [0.29, 0.717) is 41.4 Å². The molecule has 2 aliphatic carbocycles. The largest absolute Gasteiger partial charge is 0.325 e. The minimum absolute atomic E-state index is 0.0418. The van der Waals surface area contributed by atoms with Crippen LogP contribution in [-0.2, 0) is 28.0 Å². The van der Waals surface area contributed by atoms with Gasteiger partial charge < -0.3 is 10.6 Å². The van der Waals surface area contributed by atoms with Gasteiger partial charge in [-0.05, 0) is 36.8 Å². The van der Waals surface area contributed by atoms with Gasteiger partial charge in [-0.3, -0.25) is 19.3 Å². The van der Waals surface area contributed by atoms with Gasteiger partial charge in [-0.25, -0.2) is 9.78 Å². The summed E-state index contributed by atoms with van der Waals surface area (Å²) in [6.45, 7) is -0.396. The van der Waals surface area contributed by atoms with Gasteiger partial charge in [0.1, 0.15) is 12.1 Å². The molecule has 9 heteroatoms. The van der Waals surface area contributed by atoms with E-state index in [1.807, 2.05) is 24.3 Å². The Labute approximate surface area is 170 Å². The van der Waals surface area contributed by atoms with E-state index in [0.717, 1.165) is 33.8 Å². The number of nitrogens with zero attached hydrogens (tertiary/aromatic N) is 2. The number of imide groups is 1. The molecule has 1 aromatic carbocycles. The molecule has 1 atom stereocenters. The molecule has 2 heterocycles. The van der Waals surface area contributed by atoms with Gasteiger partial charge in [-0.15, -0.1) is 0 Å². The van der Waals surface area contributed by atoms with E-state index >= 15 is 0 Å². The number of aryl methyl sites for hydroxylation is 2. The molecule has 2 aromatic rings. The summed E-state index contributed by atoms with van der Waals surface area (Å²) in [5.41, 5.74) is 1.46. The Morgan fingerprint density at radius 1 is 1.21 bits per heavy atom. The van der Waals surface area contributed by atoms with E-state index in [9.17, 15) is 19.2 Å². The topological polar surface area (TPSA) is 108 Å². The van der Waals surface area contributed by atoms with Gasteiger partial charge in [0, 0.05) is 6.42 Å². The molecule has 29 heavy (non-hydrogen) atoms. The zero-order valence-corrected chi connectivity index (χ0v) is 16.3. The molecule has 3 aliphatic rings. The summed E-state index contributed by atoms with van der Waals surface area (Å²) in [5, 5.41) is 5.75. The van der Waals surface area contributed by atoms with Gasteiger partial charge in [0.2, 0.25) is 5.91 Å². The molecule has 1 aromatic heterocycles. The normalized spacial score (nSPS) is 22.6. The molecular weight excluding hydrogens is 392 g/mol. The van der Waals surface area contributed by atoms with Crippen LogP contribution in [0.3, 0.4) is 0 Å². The van der Waals surface area contributed by atoms with Gasteiger partial charge in [-0.2, -0.15) is 0 Å². The van der Waals surface area contributed by atoms with Crippen LogP contribution in [0.1, 0.15) is 45.8 Å². The van der Waals surface area contributed by atoms with Crippen molar-refractivity contribution in [3.8, 4) is 0 Å². The molecule has 0 radical (unpaired) electrons. The third-order valence-electron chi connectivity index (χ3n) is 5.74. The first-order valence-electron chi connectivity index (χ1n) is 9.53. The molecule has 2 N–H and O–H groups in total. The Balaban J connectivity index is 1.32. The van der Waals surface area contributed by atoms with Crippen LogP contribution in [0, 0.1) is 0 Å². The van der Waals surface area contributed by atoms with Gasteiger partial charge in [-0.1, -0.05) is 35.6 Å². The van der Waals surface area contributed by atoms with Crippen LogP contribution in [0.15, 0.2) is 24.3 Å². The summed E-state index contributed by atoms with van der Waals surface area (Å²) in [6.07, 6.45) is 3.14. The van der Waals surface area contributed by atoms with Crippen LogP contribution >= 0.6 is 11.3 Å². The van der Waals surface area contributed by atoms with E-state index in [-0.39, 0.29) is 5.78 Å². The van der Waals surface area contributed by atoms with Gasteiger partial charge in [0.15, 0.2) is 10.9 Å². The molecule has 4 amide bonds. The van der Waals surface area contributed by atoms with Crippen molar-refractivity contribution in [2.24, 2.45) is 0 Å². The molecule has 5 rings (SSSR count). The molecule has 1 fully saturated rings. The monoisotopic (exact) mass is 410 g/mol. The summed E-state index contributed by atoms with van der Waals surface area (Å²) in [7, 11) is 0. The molecule has 148 valence electrons. The van der Waals surface area contributed by atoms with Crippen LogP contribution < -0.4 is 10.6 Å². The number of aromatic nitrogens is 1. The molecule has 0 saturated carbocycles. The second-order valence-corrected chi connectivity index (χ2v) is 8.50. The summed E-state index contributed by atoms with van der Waals surface area (Å²) in [6, 6.07) is 6.97. The highest BCUT2D eigenvalue weighted by Crippen LogP contribution is 2.41. The number of benzene rings is 1. The number of thiazole rings is 1. The molecule has 1 spiro atoms. The average molecular weight is 410 g/mol. The minimum Gasteiger partial charge on any atom is -0.319 e. The first-order valence-corrected chi connectivity index (χ1v) is 10.3. The number of anilines is 1. The smallest absolute Gasteiger partial charge is 0.319 e. The van der Waals surface area contributed by atoms with E-state index < -0.39 is 29.9 Å². The maximum absolute atomic E-state index is 13.1. The van der Waals surface area contributed by atoms with Crippen LogP contribution in [-0.4, -0.2) is 40.1 Å². The van der Waals surface area contributed by atoms with Crippen molar-refractivity contribution < 1.29 is 19.2 Å². The highest BCUT2D eigenvalue weighted by Gasteiger charge is 2.55. The van der Waals surface area contributed by atoms with Crippen LogP contribution in [0.25, 0.3) is 0 Å². The zero-order chi connectivity index (χ0) is 20.2. The van der Waals surface area contributed by atoms with Gasteiger partial charge >= 0.3 is 6.03 Å². The number of nitrogens with one attached hydrogen (secondary N) is 2. The Kier molecular flexibility index (Phi) is 4.02. The average Bonchev–Trinajstić information content (AvgIpc) is 3.34. The van der Waals surface area contributed by atoms with Crippen molar-refractivity contribution in [2.75, 3.05) is 11.9 Å². The maximum Gasteiger partial charge on any atom is 0.325 e. The van der Waals surface area contributed by atoms with Crippen LogP contribution in [0.5, 0.6) is 0 Å². The van der Waals surface area contributed by atoms with Crippen LogP contribution in [0.2, 0.25) is 0 Å². The van der Waals surface area contributed by atoms with Crippen molar-refractivity contribution in [1.29, 1.82) is 0 Å². The van der Waals surface area contributed by atoms with Crippen molar-refractivity contribution >= 4 is 40.1 Å². The predicted octanol–water partition coefficient (Wildman–Crippen LogP) is 1.99. The van der Waals surface area contributed by atoms with Crippen molar-refractivity contribution in [3.63, 3.8) is 0 Å². The molecule has 1 saturated heterocycles. The molecule has 0 bridgehead atoms.